The van der Waals surface area contributed by atoms with Gasteiger partial charge in [0, 0.05) is 26.2 Å². The molecule has 0 fully saturated rings. The van der Waals surface area contributed by atoms with Crippen molar-refractivity contribution in [3.05, 3.63) is 12.7 Å². The molecule has 5 nitrogen and oxygen atoms in total. The van der Waals surface area contributed by atoms with Gasteiger partial charge < -0.3 is 31.3 Å². The van der Waals surface area contributed by atoms with E-state index < -0.39 is 6.04 Å². The highest BCUT2D eigenvalue weighted by Gasteiger charge is 2.45. The van der Waals surface area contributed by atoms with E-state index >= 15 is 9.59 Å². The molecule has 0 spiro atoms. The van der Waals surface area contributed by atoms with E-state index in [0.717, 1.165) is 51.9 Å². The lowest BCUT2D eigenvalue weighted by atomic mass is 10.0. The van der Waals surface area contributed by atoms with Gasteiger partial charge in [-0.1, -0.05) is 291 Å². The first-order chi connectivity index (χ1) is 31.8. The molecule has 0 aliphatic heterocycles. The lowest BCUT2D eigenvalue weighted by Gasteiger charge is -2.40. The van der Waals surface area contributed by atoms with Gasteiger partial charge in [0.1, 0.15) is 0 Å². The molecule has 0 rings (SSSR count). The van der Waals surface area contributed by atoms with E-state index in [1.165, 1.54) is 257 Å². The largest absolute Gasteiger partial charge is 1.00 e. The number of rotatable bonds is 53. The quantitative estimate of drug-likeness (QED) is 0.0264. The first-order valence-electron chi connectivity index (χ1n) is 29.8. The van der Waals surface area contributed by atoms with Crippen LogP contribution < -0.4 is 17.0 Å². The van der Waals surface area contributed by atoms with Crippen LogP contribution in [-0.4, -0.2) is 79.0 Å². The Labute approximate surface area is 426 Å². The minimum absolute atomic E-state index is 0. The summed E-state index contributed by atoms with van der Waals surface area (Å²) in [6.45, 7) is 17.0. The minimum Gasteiger partial charge on any atom is -1.00 e. The number of hydrogen-bond donors (Lipinski definition) is 0. The summed E-state index contributed by atoms with van der Waals surface area (Å²) < 4.78 is 0.348. The molecule has 394 valence electrons. The van der Waals surface area contributed by atoms with Crippen LogP contribution in [0.5, 0.6) is 0 Å². The third-order valence-corrected chi connectivity index (χ3v) is 14.5. The van der Waals surface area contributed by atoms with Crippen LogP contribution in [0, 0.1) is 0 Å². The monoisotopic (exact) mass is 994 g/mol. The van der Waals surface area contributed by atoms with Gasteiger partial charge in [-0.05, 0) is 31.8 Å². The predicted molar refractivity (Wildman–Crippen MR) is 290 cm³/mol. The fourth-order valence-electron chi connectivity index (χ4n) is 10.0. The zero-order valence-electron chi connectivity index (χ0n) is 46.0. The molecule has 0 atom stereocenters. The summed E-state index contributed by atoms with van der Waals surface area (Å²) in [5, 5.41) is 0. The number of hydrogen-bond acceptors (Lipinski definition) is 2. The van der Waals surface area contributed by atoms with Gasteiger partial charge >= 0.3 is 0 Å². The van der Waals surface area contributed by atoms with Crippen LogP contribution in [0.3, 0.4) is 0 Å². The van der Waals surface area contributed by atoms with Crippen molar-refractivity contribution in [1.29, 1.82) is 0 Å². The molecule has 0 aromatic carbocycles. The molecule has 0 saturated carbocycles. The van der Waals surface area contributed by atoms with Crippen molar-refractivity contribution in [2.24, 2.45) is 0 Å². The Morgan fingerprint density at radius 1 is 0.348 bits per heavy atom. The Bertz CT molecular complexity index is 952. The van der Waals surface area contributed by atoms with Gasteiger partial charge in [-0.15, -0.1) is 0 Å². The van der Waals surface area contributed by atoms with Crippen molar-refractivity contribution in [2.45, 2.75) is 316 Å². The summed E-state index contributed by atoms with van der Waals surface area (Å²) in [6, 6.07) is -0.714. The third kappa shape index (κ3) is 41.0. The SMILES string of the molecule is C=CC[N+](C)(C)C(C(=O)N(CCCCCCCCCCCC)CCCCCCCCCCCCCC)C(=O)N(CCCCCCCCCCCC)CCCCCCCCCCCCCC.[Br-]. The van der Waals surface area contributed by atoms with Gasteiger partial charge in [-0.3, -0.25) is 9.59 Å². The molecule has 0 radical (unpaired) electrons. The maximum Gasteiger partial charge on any atom is 0.291 e. The first-order valence-corrected chi connectivity index (χ1v) is 29.8. The summed E-state index contributed by atoms with van der Waals surface area (Å²) in [5.41, 5.74) is 0. The maximum atomic E-state index is 15.1. The summed E-state index contributed by atoms with van der Waals surface area (Å²) in [4.78, 5) is 34.5. The molecular weight excluding hydrogens is 875 g/mol. The van der Waals surface area contributed by atoms with Gasteiger partial charge in [0.15, 0.2) is 0 Å². The molecule has 0 aliphatic carbocycles. The first kappa shape index (κ1) is 67.2. The van der Waals surface area contributed by atoms with E-state index in [4.69, 9.17) is 0 Å². The molecule has 0 bridgehead atoms. The predicted octanol–water partition coefficient (Wildman–Crippen LogP) is 15.5. The average molecular weight is 996 g/mol. The van der Waals surface area contributed by atoms with E-state index in [0.29, 0.717) is 11.0 Å². The normalized spacial score (nSPS) is 11.6. The Balaban J connectivity index is 0. The minimum atomic E-state index is -0.714. The molecule has 2 amide bonds. The van der Waals surface area contributed by atoms with Crippen molar-refractivity contribution in [3.63, 3.8) is 0 Å². The van der Waals surface area contributed by atoms with Crippen LogP contribution in [-0.2, 0) is 9.59 Å². The van der Waals surface area contributed by atoms with E-state index in [2.05, 4.69) is 58.2 Å². The van der Waals surface area contributed by atoms with Gasteiger partial charge in [0.05, 0.1) is 20.6 Å². The molecule has 6 heteroatoms. The zero-order chi connectivity index (χ0) is 47.7. The second-order valence-electron chi connectivity index (χ2n) is 21.4. The van der Waals surface area contributed by atoms with Crippen molar-refractivity contribution in [2.75, 3.05) is 46.8 Å². The molecule has 0 aliphatic rings. The van der Waals surface area contributed by atoms with Gasteiger partial charge in [-0.2, -0.15) is 0 Å². The molecule has 0 unspecified atom stereocenters. The molecule has 0 aromatic heterocycles. The summed E-state index contributed by atoms with van der Waals surface area (Å²) in [6.07, 6.45) is 59.2. The van der Waals surface area contributed by atoms with Gasteiger partial charge in [0.2, 0.25) is 6.04 Å². The molecule has 0 heterocycles. The standard InChI is InChI=1S/C60H120N3O2.BrH/c1-8-13-17-21-25-29-33-35-39-43-47-51-55-61(53-49-45-41-37-31-27-23-19-15-10-3)59(64)58(63(6,7)57-12-5)60(65)62(54-50-46-42-38-32-28-24-20-16-11-4)56-52-48-44-40-36-34-30-26-22-18-14-9-2;/h12,58H,5,8-11,13-57H2,1-4,6-7H3;1H/q+1;/p-1. The van der Waals surface area contributed by atoms with E-state index in [-0.39, 0.29) is 28.8 Å². The van der Waals surface area contributed by atoms with E-state index in [1.807, 2.05) is 6.08 Å². The maximum absolute atomic E-state index is 15.1. The number of carbonyl (C=O) groups is 2. The van der Waals surface area contributed by atoms with Crippen LogP contribution in [0.15, 0.2) is 12.7 Å². The Morgan fingerprint density at radius 3 is 0.682 bits per heavy atom. The Morgan fingerprint density at radius 2 is 0.515 bits per heavy atom. The second-order valence-corrected chi connectivity index (χ2v) is 21.4. The van der Waals surface area contributed by atoms with E-state index in [1.54, 1.807) is 0 Å². The van der Waals surface area contributed by atoms with Crippen molar-refractivity contribution in [3.8, 4) is 0 Å². The number of unbranched alkanes of at least 4 members (excludes halogenated alkanes) is 40. The number of quaternary nitrogens is 1. The number of likely N-dealkylation sites (N-methyl/N-ethyl adjacent to an activating group) is 1. The number of amides is 2. The average Bonchev–Trinajstić information content (AvgIpc) is 3.29. The fourth-order valence-corrected chi connectivity index (χ4v) is 10.0. The Kier molecular flexibility index (Phi) is 52.9. The van der Waals surface area contributed by atoms with Crippen LogP contribution in [0.1, 0.15) is 310 Å². The summed E-state index contributed by atoms with van der Waals surface area (Å²) in [5.74, 6) is 0.146. The van der Waals surface area contributed by atoms with Crippen LogP contribution in [0.4, 0.5) is 0 Å². The Hall–Kier alpha value is -0.880. The van der Waals surface area contributed by atoms with Crippen molar-refractivity contribution >= 4 is 11.8 Å². The lowest BCUT2D eigenvalue weighted by molar-refractivity contribution is -0.892. The van der Waals surface area contributed by atoms with Gasteiger partial charge in [-0.25, -0.2) is 0 Å². The summed E-state index contributed by atoms with van der Waals surface area (Å²) in [7, 11) is 4.21. The smallest absolute Gasteiger partial charge is 0.291 e. The van der Waals surface area contributed by atoms with Crippen molar-refractivity contribution in [1.82, 2.24) is 9.80 Å². The zero-order valence-corrected chi connectivity index (χ0v) is 47.6. The van der Waals surface area contributed by atoms with Crippen LogP contribution in [0.2, 0.25) is 0 Å². The van der Waals surface area contributed by atoms with Crippen molar-refractivity contribution < 1.29 is 31.1 Å². The van der Waals surface area contributed by atoms with Gasteiger partial charge in [0.25, 0.3) is 11.8 Å². The molecule has 66 heavy (non-hydrogen) atoms. The van der Waals surface area contributed by atoms with Crippen LogP contribution in [0.25, 0.3) is 0 Å². The second kappa shape index (κ2) is 52.0. The molecule has 0 aromatic rings. The fraction of sp³-hybridized carbons (Fsp3) is 0.933. The lowest BCUT2D eigenvalue weighted by Crippen LogP contribution is -3.00. The summed E-state index contributed by atoms with van der Waals surface area (Å²) >= 11 is 0. The van der Waals surface area contributed by atoms with E-state index in [9.17, 15) is 0 Å². The highest BCUT2D eigenvalue weighted by Crippen LogP contribution is 2.21. The topological polar surface area (TPSA) is 40.6 Å². The highest BCUT2D eigenvalue weighted by molar-refractivity contribution is 6.03. The number of halogens is 1. The van der Waals surface area contributed by atoms with Crippen LogP contribution >= 0.6 is 0 Å². The highest BCUT2D eigenvalue weighted by atomic mass is 79.9. The number of nitrogens with zero attached hydrogens (tertiary/aromatic N) is 3. The molecule has 0 N–H and O–H groups in total. The number of carbonyl (C=O) groups excluding carboxylic acids is 2. The third-order valence-electron chi connectivity index (χ3n) is 14.5. The molecule has 0 saturated heterocycles. The molecular formula is C60H120BrN3O2.